The van der Waals surface area contributed by atoms with Crippen LogP contribution >= 0.6 is 11.8 Å². The molecule has 0 aromatic carbocycles. The molecule has 1 saturated carbocycles. The van der Waals surface area contributed by atoms with Crippen LogP contribution in [0.4, 0.5) is 0 Å². The maximum Gasteiger partial charge on any atom is 0.227 e. The van der Waals surface area contributed by atoms with Gasteiger partial charge in [-0.3, -0.25) is 4.79 Å². The molecule has 3 N–H and O–H groups in total. The van der Waals surface area contributed by atoms with Crippen molar-refractivity contribution in [2.75, 3.05) is 18.1 Å². The molecule has 0 saturated heterocycles. The van der Waals surface area contributed by atoms with E-state index in [1.165, 1.54) is 6.42 Å². The van der Waals surface area contributed by atoms with E-state index in [1.807, 2.05) is 11.8 Å². The van der Waals surface area contributed by atoms with Gasteiger partial charge in [-0.25, -0.2) is 0 Å². The molecule has 0 aliphatic heterocycles. The van der Waals surface area contributed by atoms with Crippen LogP contribution in [0.25, 0.3) is 0 Å². The van der Waals surface area contributed by atoms with Gasteiger partial charge in [-0.05, 0) is 25.5 Å². The summed E-state index contributed by atoms with van der Waals surface area (Å²) in [4.78, 5) is 12.3. The van der Waals surface area contributed by atoms with Gasteiger partial charge in [0, 0.05) is 18.3 Å². The summed E-state index contributed by atoms with van der Waals surface area (Å²) < 4.78 is 0. The van der Waals surface area contributed by atoms with Crippen LogP contribution in [0.15, 0.2) is 0 Å². The Hall–Kier alpha value is -0.220. The maximum atomic E-state index is 12.3. The average molecular weight is 258 g/mol. The van der Waals surface area contributed by atoms with E-state index in [0.717, 1.165) is 37.2 Å². The van der Waals surface area contributed by atoms with E-state index in [1.54, 1.807) is 0 Å². The molecule has 1 amide bonds. The predicted octanol–water partition coefficient (Wildman–Crippen LogP) is 2.15. The van der Waals surface area contributed by atoms with Crippen LogP contribution in [0, 0.1) is 5.41 Å². The third-order valence-corrected chi connectivity index (χ3v) is 4.78. The van der Waals surface area contributed by atoms with E-state index in [9.17, 15) is 4.79 Å². The molecule has 1 aliphatic carbocycles. The third-order valence-electron chi connectivity index (χ3n) is 3.63. The highest BCUT2D eigenvalue weighted by atomic mass is 32.2. The highest BCUT2D eigenvalue weighted by molar-refractivity contribution is 7.99. The summed E-state index contributed by atoms with van der Waals surface area (Å²) in [5.41, 5.74) is 5.57. The van der Waals surface area contributed by atoms with E-state index in [2.05, 4.69) is 19.2 Å². The molecule has 1 rings (SSSR count). The van der Waals surface area contributed by atoms with Gasteiger partial charge in [0.15, 0.2) is 0 Å². The number of amides is 1. The summed E-state index contributed by atoms with van der Waals surface area (Å²) in [5, 5.41) is 3.14. The molecule has 0 aromatic rings. The molecule has 17 heavy (non-hydrogen) atoms. The van der Waals surface area contributed by atoms with Crippen LogP contribution in [-0.2, 0) is 4.79 Å². The second-order valence-corrected chi connectivity index (χ2v) is 6.40. The molecule has 1 atom stereocenters. The lowest BCUT2D eigenvalue weighted by atomic mass is 9.73. The van der Waals surface area contributed by atoms with Gasteiger partial charge in [0.1, 0.15) is 0 Å². The van der Waals surface area contributed by atoms with E-state index >= 15 is 0 Å². The first-order valence-electron chi connectivity index (χ1n) is 6.73. The smallest absolute Gasteiger partial charge is 0.227 e. The second-order valence-electron chi connectivity index (χ2n) is 5.08. The van der Waals surface area contributed by atoms with Gasteiger partial charge in [-0.15, -0.1) is 0 Å². The van der Waals surface area contributed by atoms with E-state index in [0.29, 0.717) is 6.54 Å². The van der Waals surface area contributed by atoms with E-state index < -0.39 is 0 Å². The van der Waals surface area contributed by atoms with Gasteiger partial charge in [-0.2, -0.15) is 11.8 Å². The summed E-state index contributed by atoms with van der Waals surface area (Å²) in [6.07, 6.45) is 5.45. The van der Waals surface area contributed by atoms with Gasteiger partial charge in [-0.1, -0.05) is 26.2 Å². The largest absolute Gasteiger partial charge is 0.352 e. The number of rotatable bonds is 6. The zero-order chi connectivity index (χ0) is 12.7. The molecule has 1 unspecified atom stereocenters. The lowest BCUT2D eigenvalue weighted by molar-refractivity contribution is -0.132. The van der Waals surface area contributed by atoms with E-state index in [4.69, 9.17) is 5.73 Å². The summed E-state index contributed by atoms with van der Waals surface area (Å²) in [6.45, 7) is 4.71. The Morgan fingerprint density at radius 2 is 2.06 bits per heavy atom. The predicted molar refractivity (Wildman–Crippen MR) is 75.2 cm³/mol. The summed E-state index contributed by atoms with van der Waals surface area (Å²) >= 11 is 1.87. The molecular weight excluding hydrogens is 232 g/mol. The fourth-order valence-electron chi connectivity index (χ4n) is 2.47. The minimum Gasteiger partial charge on any atom is -0.352 e. The number of thioether (sulfide) groups is 1. The lowest BCUT2D eigenvalue weighted by Gasteiger charge is -2.35. The number of hydrogen-bond acceptors (Lipinski definition) is 3. The molecule has 3 nitrogen and oxygen atoms in total. The van der Waals surface area contributed by atoms with Gasteiger partial charge in [0.2, 0.25) is 5.91 Å². The van der Waals surface area contributed by atoms with Crippen molar-refractivity contribution in [2.45, 2.75) is 52.0 Å². The SMILES string of the molecule is CCSCC(C)NC(=O)C1(CN)CCCCC1. The van der Waals surface area contributed by atoms with Crippen molar-refractivity contribution in [1.82, 2.24) is 5.32 Å². The number of hydrogen-bond donors (Lipinski definition) is 2. The highest BCUT2D eigenvalue weighted by Crippen LogP contribution is 2.35. The quantitative estimate of drug-likeness (QED) is 0.767. The Morgan fingerprint density at radius 3 is 2.59 bits per heavy atom. The van der Waals surface area contributed by atoms with Crippen molar-refractivity contribution < 1.29 is 4.79 Å². The summed E-state index contributed by atoms with van der Waals surface area (Å²) in [5.74, 6) is 2.27. The standard InChI is InChI=1S/C13H26N2OS/c1-3-17-9-11(2)15-12(16)13(10-14)7-5-4-6-8-13/h11H,3-10,14H2,1-2H3,(H,15,16). The zero-order valence-electron chi connectivity index (χ0n) is 11.1. The van der Waals surface area contributed by atoms with Crippen molar-refractivity contribution in [1.29, 1.82) is 0 Å². The molecule has 4 heteroatoms. The fourth-order valence-corrected chi connectivity index (χ4v) is 3.14. The first-order valence-corrected chi connectivity index (χ1v) is 7.89. The first kappa shape index (κ1) is 14.8. The van der Waals surface area contributed by atoms with Gasteiger partial charge < -0.3 is 11.1 Å². The molecule has 1 aliphatic rings. The molecule has 100 valence electrons. The van der Waals surface area contributed by atoms with Crippen molar-refractivity contribution >= 4 is 17.7 Å². The monoisotopic (exact) mass is 258 g/mol. The van der Waals surface area contributed by atoms with Crippen molar-refractivity contribution in [3.8, 4) is 0 Å². The number of nitrogens with two attached hydrogens (primary N) is 1. The zero-order valence-corrected chi connectivity index (χ0v) is 11.9. The molecule has 0 heterocycles. The van der Waals surface area contributed by atoms with Crippen molar-refractivity contribution in [2.24, 2.45) is 11.1 Å². The third kappa shape index (κ3) is 4.18. The van der Waals surface area contributed by atoms with Crippen LogP contribution < -0.4 is 11.1 Å². The van der Waals surface area contributed by atoms with Crippen LogP contribution in [0.3, 0.4) is 0 Å². The van der Waals surface area contributed by atoms with Crippen molar-refractivity contribution in [3.05, 3.63) is 0 Å². The minimum absolute atomic E-state index is 0.184. The van der Waals surface area contributed by atoms with Crippen LogP contribution in [0.2, 0.25) is 0 Å². The highest BCUT2D eigenvalue weighted by Gasteiger charge is 2.38. The molecule has 0 bridgehead atoms. The normalized spacial score (nSPS) is 20.9. The minimum atomic E-state index is -0.274. The molecule has 0 aromatic heterocycles. The number of nitrogens with one attached hydrogen (secondary N) is 1. The summed E-state index contributed by atoms with van der Waals surface area (Å²) in [7, 11) is 0. The number of carbonyl (C=O) groups is 1. The van der Waals surface area contributed by atoms with Crippen molar-refractivity contribution in [3.63, 3.8) is 0 Å². The van der Waals surface area contributed by atoms with E-state index in [-0.39, 0.29) is 17.4 Å². The molecule has 0 radical (unpaired) electrons. The Bertz CT molecular complexity index is 240. The Kier molecular flexibility index (Phi) is 6.34. The average Bonchev–Trinajstić information content (AvgIpc) is 2.37. The first-order chi connectivity index (χ1) is 8.14. The maximum absolute atomic E-state index is 12.3. The summed E-state index contributed by atoms with van der Waals surface area (Å²) in [6, 6.07) is 0.248. The van der Waals surface area contributed by atoms with Gasteiger partial charge >= 0.3 is 0 Å². The molecule has 1 fully saturated rings. The Morgan fingerprint density at radius 1 is 1.41 bits per heavy atom. The molecule has 0 spiro atoms. The van der Waals surface area contributed by atoms with Gasteiger partial charge in [0.05, 0.1) is 5.41 Å². The fraction of sp³-hybridized carbons (Fsp3) is 0.923. The Labute approximate surface area is 109 Å². The topological polar surface area (TPSA) is 55.1 Å². The Balaban J connectivity index is 2.48. The van der Waals surface area contributed by atoms with Crippen LogP contribution in [0.1, 0.15) is 46.0 Å². The number of carbonyl (C=O) groups excluding carboxylic acids is 1. The van der Waals surface area contributed by atoms with Gasteiger partial charge in [0.25, 0.3) is 0 Å². The van der Waals surface area contributed by atoms with Crippen LogP contribution in [0.5, 0.6) is 0 Å². The lowest BCUT2D eigenvalue weighted by Crippen LogP contribution is -2.50. The van der Waals surface area contributed by atoms with Crippen LogP contribution in [-0.4, -0.2) is 30.0 Å². The molecular formula is C13H26N2OS. The second kappa shape index (κ2) is 7.27.